The highest BCUT2D eigenvalue weighted by Crippen LogP contribution is 2.42. The van der Waals surface area contributed by atoms with Gasteiger partial charge in [0, 0.05) is 29.3 Å². The third kappa shape index (κ3) is 2.29. The summed E-state index contributed by atoms with van der Waals surface area (Å²) in [6.07, 6.45) is 4.55. The average molecular weight is 292 g/mol. The van der Waals surface area contributed by atoms with Crippen molar-refractivity contribution in [3.8, 4) is 16.9 Å². The van der Waals surface area contributed by atoms with Crippen LogP contribution < -0.4 is 4.74 Å². The van der Waals surface area contributed by atoms with Crippen molar-refractivity contribution in [1.29, 1.82) is 0 Å². The number of aromatic nitrogens is 1. The molecule has 1 aliphatic heterocycles. The zero-order chi connectivity index (χ0) is 15.9. The van der Waals surface area contributed by atoms with E-state index in [1.807, 2.05) is 6.20 Å². The number of ether oxygens (including phenoxy) is 1. The lowest BCUT2D eigenvalue weighted by atomic mass is 9.89. The summed E-state index contributed by atoms with van der Waals surface area (Å²) in [7, 11) is 0. The molecule has 0 spiro atoms. The highest BCUT2D eigenvalue weighted by atomic mass is 16.5. The largest absolute Gasteiger partial charge is 0.487 e. The summed E-state index contributed by atoms with van der Waals surface area (Å²) >= 11 is 0. The second kappa shape index (κ2) is 5.02. The predicted molar refractivity (Wildman–Crippen MR) is 93.9 cm³/mol. The minimum Gasteiger partial charge on any atom is -0.487 e. The predicted octanol–water partition coefficient (Wildman–Crippen LogP) is 5.23. The van der Waals surface area contributed by atoms with Crippen LogP contribution in [-0.4, -0.2) is 17.3 Å². The molecule has 0 unspecified atom stereocenters. The van der Waals surface area contributed by atoms with E-state index in [1.165, 1.54) is 0 Å². The van der Waals surface area contributed by atoms with Crippen LogP contribution in [0.2, 0.25) is 0 Å². The Labute approximate surface area is 131 Å². The lowest BCUT2D eigenvalue weighted by Crippen LogP contribution is -2.31. The summed E-state index contributed by atoms with van der Waals surface area (Å²) in [5.41, 5.74) is 5.02. The van der Waals surface area contributed by atoms with Gasteiger partial charge in [0.15, 0.2) is 0 Å². The van der Waals surface area contributed by atoms with Crippen molar-refractivity contribution in [1.82, 2.24) is 4.98 Å². The maximum absolute atomic E-state index is 6.13. The minimum absolute atomic E-state index is 0.226. The number of H-pyrrole nitrogens is 1. The van der Waals surface area contributed by atoms with E-state index in [4.69, 9.17) is 4.74 Å². The Balaban J connectivity index is 2.12. The van der Waals surface area contributed by atoms with Crippen molar-refractivity contribution in [2.45, 2.75) is 25.9 Å². The summed E-state index contributed by atoms with van der Waals surface area (Å²) in [6, 6.07) is 6.21. The molecule has 1 aliphatic rings. The van der Waals surface area contributed by atoms with E-state index in [1.54, 1.807) is 6.08 Å². The average Bonchev–Trinajstić information content (AvgIpc) is 2.88. The van der Waals surface area contributed by atoms with Crippen LogP contribution in [0.5, 0.6) is 5.75 Å². The van der Waals surface area contributed by atoms with Gasteiger partial charge in [-0.15, -0.1) is 0 Å². The van der Waals surface area contributed by atoms with Crippen molar-refractivity contribution in [2.24, 2.45) is 4.99 Å². The molecular formula is C19H20N2O. The Morgan fingerprint density at radius 3 is 2.77 bits per heavy atom. The van der Waals surface area contributed by atoms with Crippen molar-refractivity contribution in [2.75, 3.05) is 0 Å². The van der Waals surface area contributed by atoms with Crippen LogP contribution >= 0.6 is 0 Å². The standard InChI is InChI=1S/C19H20N2O/c1-6-14-16(11-21-18(14)20-5)13-7-8-15-12(2)10-19(3,4)22-17(15)9-13/h6-9,11,21H,1-2,5,10H2,3-4H3. The number of fused-ring (bicyclic) bond motifs is 1. The lowest BCUT2D eigenvalue weighted by molar-refractivity contribution is 0.108. The van der Waals surface area contributed by atoms with Gasteiger partial charge in [-0.25, -0.2) is 4.99 Å². The zero-order valence-corrected chi connectivity index (χ0v) is 13.1. The van der Waals surface area contributed by atoms with Crippen LogP contribution in [0.15, 0.2) is 42.5 Å². The summed E-state index contributed by atoms with van der Waals surface area (Å²) in [6.45, 7) is 15.8. The van der Waals surface area contributed by atoms with Gasteiger partial charge in [0.25, 0.3) is 0 Å². The van der Waals surface area contributed by atoms with E-state index in [-0.39, 0.29) is 5.60 Å². The second-order valence-electron chi connectivity index (χ2n) is 6.18. The molecule has 0 fully saturated rings. The molecule has 3 rings (SSSR count). The SMILES string of the molecule is C=Cc1c(-c2ccc3c(c2)OC(C)(C)CC3=C)c[nH]c1N=C. The molecule has 0 saturated heterocycles. The Kier molecular flexibility index (Phi) is 3.28. The van der Waals surface area contributed by atoms with Crippen LogP contribution in [0.4, 0.5) is 5.82 Å². The van der Waals surface area contributed by atoms with E-state index in [0.29, 0.717) is 0 Å². The molecule has 0 saturated carbocycles. The molecule has 22 heavy (non-hydrogen) atoms. The second-order valence-corrected chi connectivity index (χ2v) is 6.18. The van der Waals surface area contributed by atoms with Crippen molar-refractivity contribution in [3.05, 3.63) is 48.7 Å². The van der Waals surface area contributed by atoms with Crippen molar-refractivity contribution in [3.63, 3.8) is 0 Å². The van der Waals surface area contributed by atoms with E-state index < -0.39 is 0 Å². The number of benzene rings is 1. The molecule has 3 heteroatoms. The van der Waals surface area contributed by atoms with Gasteiger partial charge in [-0.1, -0.05) is 31.4 Å². The number of nitrogens with zero attached hydrogens (tertiary/aromatic N) is 1. The Morgan fingerprint density at radius 2 is 2.09 bits per heavy atom. The first-order valence-corrected chi connectivity index (χ1v) is 7.27. The number of aliphatic imine (C=N–C) groups is 1. The quantitative estimate of drug-likeness (QED) is 0.773. The number of hydrogen-bond donors (Lipinski definition) is 1. The van der Waals surface area contributed by atoms with Crippen LogP contribution in [-0.2, 0) is 0 Å². The lowest BCUT2D eigenvalue weighted by Gasteiger charge is -2.34. The van der Waals surface area contributed by atoms with E-state index >= 15 is 0 Å². The molecule has 3 nitrogen and oxygen atoms in total. The molecule has 1 aromatic carbocycles. The van der Waals surface area contributed by atoms with Gasteiger partial charge in [-0.2, -0.15) is 0 Å². The molecule has 1 aromatic heterocycles. The molecular weight excluding hydrogens is 272 g/mol. The molecule has 112 valence electrons. The van der Waals surface area contributed by atoms with Gasteiger partial charge in [-0.05, 0) is 37.8 Å². The molecule has 0 bridgehead atoms. The maximum atomic E-state index is 6.13. The summed E-state index contributed by atoms with van der Waals surface area (Å²) < 4.78 is 6.13. The normalized spacial score (nSPS) is 15.8. The summed E-state index contributed by atoms with van der Waals surface area (Å²) in [5, 5.41) is 0. The fraction of sp³-hybridized carbons (Fsp3) is 0.211. The van der Waals surface area contributed by atoms with Crippen LogP contribution in [0, 0.1) is 0 Å². The summed E-state index contributed by atoms with van der Waals surface area (Å²) in [5.74, 6) is 1.61. The molecule has 1 N–H and O–H groups in total. The molecule has 2 heterocycles. The Bertz CT molecular complexity index is 781. The first-order chi connectivity index (χ1) is 10.4. The van der Waals surface area contributed by atoms with Gasteiger partial charge in [0.05, 0.1) is 0 Å². The first kappa shape index (κ1) is 14.4. The first-order valence-electron chi connectivity index (χ1n) is 7.27. The number of nitrogens with one attached hydrogen (secondary N) is 1. The van der Waals surface area contributed by atoms with E-state index in [0.717, 1.165) is 45.8 Å². The van der Waals surface area contributed by atoms with Crippen LogP contribution in [0.25, 0.3) is 22.8 Å². The molecule has 2 aromatic rings. The minimum atomic E-state index is -0.226. The zero-order valence-electron chi connectivity index (χ0n) is 13.1. The van der Waals surface area contributed by atoms with Crippen LogP contribution in [0.3, 0.4) is 0 Å². The molecule has 0 aliphatic carbocycles. The van der Waals surface area contributed by atoms with E-state index in [9.17, 15) is 0 Å². The van der Waals surface area contributed by atoms with Gasteiger partial charge in [-0.3, -0.25) is 0 Å². The highest BCUT2D eigenvalue weighted by Gasteiger charge is 2.29. The van der Waals surface area contributed by atoms with Gasteiger partial charge >= 0.3 is 0 Å². The number of hydrogen-bond acceptors (Lipinski definition) is 2. The molecule has 0 atom stereocenters. The smallest absolute Gasteiger partial charge is 0.137 e. The summed E-state index contributed by atoms with van der Waals surface area (Å²) in [4.78, 5) is 7.11. The van der Waals surface area contributed by atoms with Gasteiger partial charge in [0.2, 0.25) is 0 Å². The third-order valence-electron chi connectivity index (χ3n) is 3.96. The highest BCUT2D eigenvalue weighted by molar-refractivity contribution is 5.83. The van der Waals surface area contributed by atoms with Gasteiger partial charge in [0.1, 0.15) is 17.2 Å². The van der Waals surface area contributed by atoms with Crippen LogP contribution in [0.1, 0.15) is 31.4 Å². The van der Waals surface area contributed by atoms with Crippen molar-refractivity contribution >= 4 is 24.2 Å². The number of aromatic amines is 1. The molecule has 0 radical (unpaired) electrons. The Morgan fingerprint density at radius 1 is 1.32 bits per heavy atom. The monoisotopic (exact) mass is 292 g/mol. The van der Waals surface area contributed by atoms with Gasteiger partial charge < -0.3 is 9.72 Å². The maximum Gasteiger partial charge on any atom is 0.137 e. The Hall–Kier alpha value is -2.55. The topological polar surface area (TPSA) is 37.4 Å². The van der Waals surface area contributed by atoms with Crippen molar-refractivity contribution < 1.29 is 4.74 Å². The number of rotatable bonds is 3. The fourth-order valence-electron chi connectivity index (χ4n) is 3.01. The van der Waals surface area contributed by atoms with E-state index in [2.05, 4.69) is 61.9 Å². The molecule has 0 amide bonds. The third-order valence-corrected chi connectivity index (χ3v) is 3.96. The fourth-order valence-corrected chi connectivity index (χ4v) is 3.01.